The third-order valence-corrected chi connectivity index (χ3v) is 7.76. The molecular weight excluding hydrogens is 444 g/mol. The molecule has 1 amide bonds. The van der Waals surface area contributed by atoms with Gasteiger partial charge >= 0.3 is 0 Å². The highest BCUT2D eigenvalue weighted by molar-refractivity contribution is 7.92. The van der Waals surface area contributed by atoms with Crippen LogP contribution in [0.15, 0.2) is 47.4 Å². The molecule has 1 N–H and O–H groups in total. The predicted molar refractivity (Wildman–Crippen MR) is 125 cm³/mol. The Morgan fingerprint density at radius 3 is 2.45 bits per heavy atom. The number of nitro benzene ring substituents is 1. The molecule has 2 aromatic rings. The van der Waals surface area contributed by atoms with E-state index in [1.54, 1.807) is 31.2 Å². The highest BCUT2D eigenvalue weighted by atomic mass is 32.2. The molecule has 9 nitrogen and oxygen atoms in total. The van der Waals surface area contributed by atoms with Crippen molar-refractivity contribution in [3.63, 3.8) is 0 Å². The van der Waals surface area contributed by atoms with Crippen LogP contribution in [0, 0.1) is 17.0 Å². The summed E-state index contributed by atoms with van der Waals surface area (Å²) in [7, 11) is -4.01. The van der Waals surface area contributed by atoms with Gasteiger partial charge in [0.05, 0.1) is 9.82 Å². The minimum Gasteiger partial charge on any atom is -0.334 e. The highest BCUT2D eigenvalue weighted by Crippen LogP contribution is 2.26. The summed E-state index contributed by atoms with van der Waals surface area (Å²) >= 11 is 0. The number of nitrogens with zero attached hydrogens (tertiary/aromatic N) is 3. The van der Waals surface area contributed by atoms with Crippen molar-refractivity contribution < 1.29 is 18.1 Å². The van der Waals surface area contributed by atoms with E-state index in [0.29, 0.717) is 11.1 Å². The zero-order valence-corrected chi connectivity index (χ0v) is 19.4. The van der Waals surface area contributed by atoms with Gasteiger partial charge in [-0.05, 0) is 76.0 Å². The molecule has 1 unspecified atom stereocenters. The molecule has 2 fully saturated rings. The minimum atomic E-state index is -4.01. The Kier molecular flexibility index (Phi) is 6.66. The number of hydrogen-bond acceptors (Lipinski definition) is 6. The predicted octanol–water partition coefficient (Wildman–Crippen LogP) is 3.40. The average Bonchev–Trinajstić information content (AvgIpc) is 3.46. The van der Waals surface area contributed by atoms with E-state index in [1.807, 2.05) is 4.90 Å². The number of hydrogen-bond donors (Lipinski definition) is 1. The SMILES string of the molecule is Cc1ccc(S(=O)(=O)Nc2ccc(C(=O)N3CCCC3CN3CCCC3)cc2)cc1[N+](=O)[O-]. The van der Waals surface area contributed by atoms with Gasteiger partial charge in [-0.25, -0.2) is 8.42 Å². The lowest BCUT2D eigenvalue weighted by Crippen LogP contribution is -2.42. The first-order chi connectivity index (χ1) is 15.7. The van der Waals surface area contributed by atoms with Gasteiger partial charge in [-0.15, -0.1) is 0 Å². The van der Waals surface area contributed by atoms with E-state index in [0.717, 1.165) is 45.1 Å². The molecular formula is C23H28N4O5S. The number of benzene rings is 2. The van der Waals surface area contributed by atoms with E-state index in [1.165, 1.54) is 25.0 Å². The molecule has 0 bridgehead atoms. The number of amides is 1. The standard InChI is InChI=1S/C23H28N4O5S/c1-17-6-11-21(15-22(17)27(29)30)33(31,32)24-19-9-7-18(8-10-19)23(28)26-14-4-5-20(26)16-25-12-2-3-13-25/h6-11,15,20,24H,2-5,12-14,16H2,1H3. The van der Waals surface area contributed by atoms with Crippen molar-refractivity contribution in [2.45, 2.75) is 43.5 Å². The van der Waals surface area contributed by atoms with Crippen LogP contribution in [0.1, 0.15) is 41.6 Å². The molecule has 33 heavy (non-hydrogen) atoms. The Bertz CT molecular complexity index is 1140. The van der Waals surface area contributed by atoms with Crippen LogP contribution in [0.2, 0.25) is 0 Å². The maximum atomic E-state index is 13.1. The Hall–Kier alpha value is -2.98. The maximum Gasteiger partial charge on any atom is 0.273 e. The van der Waals surface area contributed by atoms with Crippen LogP contribution in [0.25, 0.3) is 0 Å². The number of sulfonamides is 1. The zero-order valence-electron chi connectivity index (χ0n) is 18.6. The second-order valence-electron chi connectivity index (χ2n) is 8.69. The maximum absolute atomic E-state index is 13.1. The molecule has 10 heteroatoms. The summed E-state index contributed by atoms with van der Waals surface area (Å²) < 4.78 is 27.9. The Balaban J connectivity index is 1.45. The van der Waals surface area contributed by atoms with Crippen LogP contribution in [0.5, 0.6) is 0 Å². The van der Waals surface area contributed by atoms with Gasteiger partial charge in [0.1, 0.15) is 0 Å². The Morgan fingerprint density at radius 2 is 1.79 bits per heavy atom. The lowest BCUT2D eigenvalue weighted by Gasteiger charge is -2.28. The molecule has 2 heterocycles. The van der Waals surface area contributed by atoms with Gasteiger partial charge in [0, 0.05) is 42.0 Å². The van der Waals surface area contributed by atoms with Gasteiger partial charge in [0.15, 0.2) is 0 Å². The van der Waals surface area contributed by atoms with E-state index in [-0.39, 0.29) is 28.2 Å². The molecule has 4 rings (SSSR count). The van der Waals surface area contributed by atoms with Gasteiger partial charge in [-0.3, -0.25) is 19.6 Å². The van der Waals surface area contributed by atoms with Crippen LogP contribution < -0.4 is 4.72 Å². The third kappa shape index (κ3) is 5.17. The van der Waals surface area contributed by atoms with Crippen molar-refractivity contribution in [3.8, 4) is 0 Å². The lowest BCUT2D eigenvalue weighted by atomic mass is 10.1. The quantitative estimate of drug-likeness (QED) is 0.488. The number of nitrogens with one attached hydrogen (secondary N) is 1. The van der Waals surface area contributed by atoms with Gasteiger partial charge < -0.3 is 9.80 Å². The van der Waals surface area contributed by atoms with Gasteiger partial charge in [-0.1, -0.05) is 6.07 Å². The Morgan fingerprint density at radius 1 is 1.09 bits per heavy atom. The number of nitro groups is 1. The number of aryl methyl sites for hydroxylation is 1. The summed E-state index contributed by atoms with van der Waals surface area (Å²) in [6, 6.07) is 10.3. The average molecular weight is 473 g/mol. The number of carbonyl (C=O) groups is 1. The molecule has 2 aliphatic rings. The minimum absolute atomic E-state index is 0.0414. The van der Waals surface area contributed by atoms with Crippen LogP contribution in [-0.2, 0) is 10.0 Å². The summed E-state index contributed by atoms with van der Waals surface area (Å²) in [6.07, 6.45) is 4.43. The second-order valence-corrected chi connectivity index (χ2v) is 10.4. The summed E-state index contributed by atoms with van der Waals surface area (Å²) in [5.41, 5.74) is 0.918. The van der Waals surface area contributed by atoms with E-state index in [2.05, 4.69) is 9.62 Å². The molecule has 0 aromatic heterocycles. The fourth-order valence-corrected chi connectivity index (χ4v) is 5.65. The molecule has 0 radical (unpaired) electrons. The molecule has 0 aliphatic carbocycles. The van der Waals surface area contributed by atoms with E-state index in [4.69, 9.17) is 0 Å². The third-order valence-electron chi connectivity index (χ3n) is 6.38. The summed E-state index contributed by atoms with van der Waals surface area (Å²) in [5.74, 6) is -0.0414. The highest BCUT2D eigenvalue weighted by Gasteiger charge is 2.31. The second kappa shape index (κ2) is 9.48. The van der Waals surface area contributed by atoms with Gasteiger partial charge in [0.2, 0.25) is 0 Å². The van der Waals surface area contributed by atoms with Crippen molar-refractivity contribution in [2.24, 2.45) is 0 Å². The van der Waals surface area contributed by atoms with Crippen LogP contribution in [-0.4, -0.2) is 61.3 Å². The molecule has 2 saturated heterocycles. The number of likely N-dealkylation sites (tertiary alicyclic amines) is 2. The summed E-state index contributed by atoms with van der Waals surface area (Å²) in [6.45, 7) is 5.38. The van der Waals surface area contributed by atoms with Crippen LogP contribution in [0.3, 0.4) is 0 Å². The molecule has 0 spiro atoms. The van der Waals surface area contributed by atoms with Crippen molar-refractivity contribution >= 4 is 27.3 Å². The van der Waals surface area contributed by atoms with Crippen molar-refractivity contribution in [1.82, 2.24) is 9.80 Å². The summed E-state index contributed by atoms with van der Waals surface area (Å²) in [4.78, 5) is 27.8. The van der Waals surface area contributed by atoms with Crippen molar-refractivity contribution in [1.29, 1.82) is 0 Å². The Labute approximate surface area is 193 Å². The van der Waals surface area contributed by atoms with E-state index >= 15 is 0 Å². The van der Waals surface area contributed by atoms with Crippen LogP contribution in [0.4, 0.5) is 11.4 Å². The van der Waals surface area contributed by atoms with Crippen molar-refractivity contribution in [2.75, 3.05) is 30.9 Å². The van der Waals surface area contributed by atoms with Gasteiger partial charge in [0.25, 0.3) is 21.6 Å². The normalized spacial score (nSPS) is 19.1. The first-order valence-electron chi connectivity index (χ1n) is 11.2. The van der Waals surface area contributed by atoms with Crippen molar-refractivity contribution in [3.05, 3.63) is 63.7 Å². The first-order valence-corrected chi connectivity index (χ1v) is 12.6. The molecule has 1 atom stereocenters. The summed E-state index contributed by atoms with van der Waals surface area (Å²) in [5, 5.41) is 11.1. The molecule has 2 aromatic carbocycles. The monoisotopic (exact) mass is 472 g/mol. The van der Waals surface area contributed by atoms with Gasteiger partial charge in [-0.2, -0.15) is 0 Å². The largest absolute Gasteiger partial charge is 0.334 e. The number of anilines is 1. The zero-order chi connectivity index (χ0) is 23.6. The molecule has 2 aliphatic heterocycles. The first kappa shape index (κ1) is 23.2. The smallest absolute Gasteiger partial charge is 0.273 e. The van der Waals surface area contributed by atoms with E-state index in [9.17, 15) is 23.3 Å². The fraction of sp³-hybridized carbons (Fsp3) is 0.435. The molecule has 176 valence electrons. The number of carbonyl (C=O) groups excluding carboxylic acids is 1. The molecule has 0 saturated carbocycles. The van der Waals surface area contributed by atoms with Crippen LogP contribution >= 0.6 is 0 Å². The lowest BCUT2D eigenvalue weighted by molar-refractivity contribution is -0.385. The number of rotatable bonds is 7. The topological polar surface area (TPSA) is 113 Å². The fourth-order valence-electron chi connectivity index (χ4n) is 4.57. The van der Waals surface area contributed by atoms with E-state index < -0.39 is 14.9 Å².